The molecule has 1 aromatic rings. The van der Waals surface area contributed by atoms with Crippen LogP contribution in [0.5, 0.6) is 0 Å². The third-order valence-corrected chi connectivity index (χ3v) is 3.63. The van der Waals surface area contributed by atoms with E-state index >= 15 is 0 Å². The van der Waals surface area contributed by atoms with Gasteiger partial charge in [-0.05, 0) is 40.9 Å². The molecule has 2 N–H and O–H groups in total. The van der Waals surface area contributed by atoms with Gasteiger partial charge in [0.05, 0.1) is 0 Å². The highest BCUT2D eigenvalue weighted by molar-refractivity contribution is 5.41. The highest BCUT2D eigenvalue weighted by Gasteiger charge is 2.21. The van der Waals surface area contributed by atoms with Crippen molar-refractivity contribution < 1.29 is 0 Å². The van der Waals surface area contributed by atoms with Gasteiger partial charge < -0.3 is 5.73 Å². The molecule has 0 fully saturated rings. The molecule has 0 radical (unpaired) electrons. The van der Waals surface area contributed by atoms with Crippen LogP contribution in [0, 0.1) is 0 Å². The van der Waals surface area contributed by atoms with Crippen LogP contribution in [0.4, 0.5) is 0 Å². The molecular weight excluding hydrogens is 218 g/mol. The third-order valence-electron chi connectivity index (χ3n) is 3.63. The topological polar surface area (TPSA) is 26.0 Å². The van der Waals surface area contributed by atoms with Gasteiger partial charge in [-0.15, -0.1) is 0 Å². The maximum atomic E-state index is 6.19. The molecule has 1 heteroatoms. The van der Waals surface area contributed by atoms with Crippen molar-refractivity contribution in [3.8, 4) is 0 Å². The second-order valence-electron chi connectivity index (χ2n) is 6.65. The Morgan fingerprint density at radius 2 is 1.78 bits per heavy atom. The summed E-state index contributed by atoms with van der Waals surface area (Å²) >= 11 is 0. The second kappa shape index (κ2) is 5.88. The van der Waals surface area contributed by atoms with E-state index in [1.165, 1.54) is 16.7 Å². The molecule has 0 aromatic heterocycles. The van der Waals surface area contributed by atoms with Crippen LogP contribution in [0.1, 0.15) is 70.6 Å². The van der Waals surface area contributed by atoms with Gasteiger partial charge in [-0.1, -0.05) is 59.7 Å². The molecule has 0 unspecified atom stereocenters. The van der Waals surface area contributed by atoms with Gasteiger partial charge in [-0.25, -0.2) is 0 Å². The van der Waals surface area contributed by atoms with Crippen molar-refractivity contribution in [2.24, 2.45) is 5.73 Å². The third kappa shape index (κ3) is 3.58. The van der Waals surface area contributed by atoms with Crippen molar-refractivity contribution in [3.05, 3.63) is 34.9 Å². The molecule has 0 saturated carbocycles. The van der Waals surface area contributed by atoms with E-state index < -0.39 is 0 Å². The fourth-order valence-corrected chi connectivity index (χ4v) is 2.48. The lowest BCUT2D eigenvalue weighted by molar-refractivity contribution is 0.565. The van der Waals surface area contributed by atoms with Crippen LogP contribution in [-0.2, 0) is 11.8 Å². The average molecular weight is 247 g/mol. The van der Waals surface area contributed by atoms with Crippen LogP contribution in [0.25, 0.3) is 0 Å². The summed E-state index contributed by atoms with van der Waals surface area (Å²) in [4.78, 5) is 0. The Morgan fingerprint density at radius 3 is 2.22 bits per heavy atom. The van der Waals surface area contributed by atoms with E-state index in [0.29, 0.717) is 5.92 Å². The lowest BCUT2D eigenvalue weighted by Gasteiger charge is -2.27. The maximum Gasteiger partial charge on any atom is 0.00769 e. The summed E-state index contributed by atoms with van der Waals surface area (Å²) in [5.41, 5.74) is 10.8. The van der Waals surface area contributed by atoms with E-state index in [9.17, 15) is 0 Å². The zero-order valence-electron chi connectivity index (χ0n) is 12.9. The lowest BCUT2D eigenvalue weighted by Crippen LogP contribution is -2.25. The van der Waals surface area contributed by atoms with Crippen molar-refractivity contribution >= 4 is 0 Å². The predicted octanol–water partition coefficient (Wildman–Crippen LogP) is 4.39. The summed E-state index contributed by atoms with van der Waals surface area (Å²) < 4.78 is 0. The van der Waals surface area contributed by atoms with E-state index in [4.69, 9.17) is 5.73 Å². The Bertz CT molecular complexity index is 385. The first-order valence-corrected chi connectivity index (χ1v) is 7.15. The van der Waals surface area contributed by atoms with Gasteiger partial charge >= 0.3 is 0 Å². The molecule has 0 aliphatic rings. The molecule has 0 saturated heterocycles. The zero-order valence-corrected chi connectivity index (χ0v) is 12.9. The summed E-state index contributed by atoms with van der Waals surface area (Å²) in [6.45, 7) is 13.6. The Labute approximate surface area is 113 Å². The van der Waals surface area contributed by atoms with Gasteiger partial charge in [0.1, 0.15) is 0 Å². The van der Waals surface area contributed by atoms with Crippen LogP contribution >= 0.6 is 0 Å². The molecule has 18 heavy (non-hydrogen) atoms. The molecule has 102 valence electrons. The van der Waals surface area contributed by atoms with E-state index in [1.54, 1.807) is 0 Å². The van der Waals surface area contributed by atoms with Crippen molar-refractivity contribution in [1.82, 2.24) is 0 Å². The standard InChI is InChI=1S/C17H29N/c1-7-13(18)11-15-14(12(2)3)9-8-10-16(15)17(4,5)6/h8-10,12-13H,7,11,18H2,1-6H3/t13-/m0/s1. The largest absolute Gasteiger partial charge is 0.327 e. The van der Waals surface area contributed by atoms with Gasteiger partial charge in [0.15, 0.2) is 0 Å². The SMILES string of the molecule is CC[C@H](N)Cc1c(C(C)C)cccc1C(C)(C)C. The Balaban J connectivity index is 3.30. The summed E-state index contributed by atoms with van der Waals surface area (Å²) in [6, 6.07) is 6.99. The maximum absolute atomic E-state index is 6.19. The first kappa shape index (κ1) is 15.2. The molecule has 0 bridgehead atoms. The molecule has 1 atom stereocenters. The second-order valence-corrected chi connectivity index (χ2v) is 6.65. The van der Waals surface area contributed by atoms with Crippen LogP contribution in [0.3, 0.4) is 0 Å². The molecule has 0 amide bonds. The van der Waals surface area contributed by atoms with Gasteiger partial charge in [-0.3, -0.25) is 0 Å². The minimum atomic E-state index is 0.188. The first-order chi connectivity index (χ1) is 8.27. The van der Waals surface area contributed by atoms with E-state index in [2.05, 4.69) is 59.7 Å². The number of hydrogen-bond donors (Lipinski definition) is 1. The van der Waals surface area contributed by atoms with Gasteiger partial charge in [0.2, 0.25) is 0 Å². The lowest BCUT2D eigenvalue weighted by atomic mass is 9.78. The average Bonchev–Trinajstić information content (AvgIpc) is 2.27. The summed E-state index contributed by atoms with van der Waals surface area (Å²) in [7, 11) is 0. The summed E-state index contributed by atoms with van der Waals surface area (Å²) in [6.07, 6.45) is 2.04. The van der Waals surface area contributed by atoms with Gasteiger partial charge in [0, 0.05) is 6.04 Å². The molecule has 1 rings (SSSR count). The van der Waals surface area contributed by atoms with E-state index in [1.807, 2.05) is 0 Å². The number of hydrogen-bond acceptors (Lipinski definition) is 1. The fraction of sp³-hybridized carbons (Fsp3) is 0.647. The Hall–Kier alpha value is -0.820. The van der Waals surface area contributed by atoms with Crippen LogP contribution in [0.15, 0.2) is 18.2 Å². The molecule has 0 aliphatic carbocycles. The van der Waals surface area contributed by atoms with Crippen LogP contribution in [0.2, 0.25) is 0 Å². The molecule has 0 aliphatic heterocycles. The van der Waals surface area contributed by atoms with Crippen molar-refractivity contribution in [1.29, 1.82) is 0 Å². The van der Waals surface area contributed by atoms with Crippen molar-refractivity contribution in [2.75, 3.05) is 0 Å². The smallest absolute Gasteiger partial charge is 0.00769 e. The fourth-order valence-electron chi connectivity index (χ4n) is 2.48. The Kier molecular flexibility index (Phi) is 4.98. The normalized spacial score (nSPS) is 14.0. The van der Waals surface area contributed by atoms with Crippen molar-refractivity contribution in [2.45, 2.75) is 71.8 Å². The van der Waals surface area contributed by atoms with Crippen LogP contribution < -0.4 is 5.73 Å². The van der Waals surface area contributed by atoms with Crippen LogP contribution in [-0.4, -0.2) is 6.04 Å². The highest BCUT2D eigenvalue weighted by atomic mass is 14.6. The number of nitrogens with two attached hydrogens (primary N) is 1. The van der Waals surface area contributed by atoms with Crippen molar-refractivity contribution in [3.63, 3.8) is 0 Å². The molecule has 0 heterocycles. The molecule has 0 spiro atoms. The predicted molar refractivity (Wildman–Crippen MR) is 81.2 cm³/mol. The van der Waals surface area contributed by atoms with Gasteiger partial charge in [0.25, 0.3) is 0 Å². The number of rotatable bonds is 4. The minimum absolute atomic E-state index is 0.188. The molecule has 1 aromatic carbocycles. The van der Waals surface area contributed by atoms with Gasteiger partial charge in [-0.2, -0.15) is 0 Å². The first-order valence-electron chi connectivity index (χ1n) is 7.15. The highest BCUT2D eigenvalue weighted by Crippen LogP contribution is 2.32. The number of benzene rings is 1. The summed E-state index contributed by atoms with van der Waals surface area (Å²) in [5.74, 6) is 0.561. The van der Waals surface area contributed by atoms with E-state index in [-0.39, 0.29) is 11.5 Å². The van der Waals surface area contributed by atoms with E-state index in [0.717, 1.165) is 12.8 Å². The molecule has 1 nitrogen and oxygen atoms in total. The summed E-state index contributed by atoms with van der Waals surface area (Å²) in [5, 5.41) is 0. The monoisotopic (exact) mass is 247 g/mol. The quantitative estimate of drug-likeness (QED) is 0.839. The molecular formula is C17H29N. The zero-order chi connectivity index (χ0) is 13.9. The minimum Gasteiger partial charge on any atom is -0.327 e. The Morgan fingerprint density at radius 1 is 1.17 bits per heavy atom.